The van der Waals surface area contributed by atoms with Crippen molar-refractivity contribution in [3.63, 3.8) is 0 Å². The van der Waals surface area contributed by atoms with Crippen LogP contribution < -0.4 is 10.6 Å². The maximum atomic E-state index is 11.0. The van der Waals surface area contributed by atoms with Gasteiger partial charge in [-0.3, -0.25) is 14.6 Å². The molecule has 2 N–H and O–H groups in total. The van der Waals surface area contributed by atoms with Crippen molar-refractivity contribution >= 4 is 11.6 Å². The Labute approximate surface area is 126 Å². The second-order valence-corrected chi connectivity index (χ2v) is 6.00. The van der Waals surface area contributed by atoms with Gasteiger partial charge in [0.15, 0.2) is 0 Å². The first kappa shape index (κ1) is 14.5. The third-order valence-corrected chi connectivity index (χ3v) is 4.36. The van der Waals surface area contributed by atoms with Crippen molar-refractivity contribution < 1.29 is 4.79 Å². The molecule has 0 saturated carbocycles. The van der Waals surface area contributed by atoms with Crippen molar-refractivity contribution in [3.8, 4) is 0 Å². The molecule has 5 heteroatoms. The molecule has 21 heavy (non-hydrogen) atoms. The Bertz CT molecular complexity index is 476. The third-order valence-electron chi connectivity index (χ3n) is 4.36. The summed E-state index contributed by atoms with van der Waals surface area (Å²) in [5.41, 5.74) is 2.18. The van der Waals surface area contributed by atoms with Crippen LogP contribution in [0.25, 0.3) is 0 Å². The Balaban J connectivity index is 1.47. The van der Waals surface area contributed by atoms with E-state index in [2.05, 4.69) is 32.6 Å². The van der Waals surface area contributed by atoms with E-state index in [-0.39, 0.29) is 5.91 Å². The number of amides is 1. The van der Waals surface area contributed by atoms with Gasteiger partial charge in [-0.1, -0.05) is 12.1 Å². The minimum absolute atomic E-state index is 0.0237. The standard InChI is InChI=1S/C16H24N4O/c1-13(21)18-15-4-2-14(3-5-15)12-19-6-8-20(9-7-19)16-10-17-11-16/h2-5,16-17H,6-12H2,1H3,(H,18,21). The topological polar surface area (TPSA) is 47.6 Å². The summed E-state index contributed by atoms with van der Waals surface area (Å²) in [6.45, 7) is 9.48. The number of nitrogens with zero attached hydrogens (tertiary/aromatic N) is 2. The van der Waals surface area contributed by atoms with Gasteiger partial charge in [0.1, 0.15) is 0 Å². The molecule has 0 aromatic heterocycles. The molecular weight excluding hydrogens is 264 g/mol. The summed E-state index contributed by atoms with van der Waals surface area (Å²) in [5, 5.41) is 6.14. The molecule has 3 rings (SSSR count). The van der Waals surface area contributed by atoms with Gasteiger partial charge in [0, 0.05) is 64.5 Å². The summed E-state index contributed by atoms with van der Waals surface area (Å²) < 4.78 is 0. The van der Waals surface area contributed by atoms with Gasteiger partial charge in [-0.05, 0) is 17.7 Å². The average Bonchev–Trinajstić information content (AvgIpc) is 2.41. The molecule has 1 amide bonds. The fourth-order valence-electron chi connectivity index (χ4n) is 2.97. The summed E-state index contributed by atoms with van der Waals surface area (Å²) in [7, 11) is 0. The highest BCUT2D eigenvalue weighted by atomic mass is 16.1. The lowest BCUT2D eigenvalue weighted by atomic mass is 10.1. The smallest absolute Gasteiger partial charge is 0.221 e. The molecular formula is C16H24N4O. The van der Waals surface area contributed by atoms with Crippen LogP contribution in [0.3, 0.4) is 0 Å². The summed E-state index contributed by atoms with van der Waals surface area (Å²) in [5.74, 6) is -0.0237. The summed E-state index contributed by atoms with van der Waals surface area (Å²) in [6, 6.07) is 8.94. The zero-order chi connectivity index (χ0) is 14.7. The van der Waals surface area contributed by atoms with E-state index in [0.29, 0.717) is 0 Å². The number of nitrogens with one attached hydrogen (secondary N) is 2. The molecule has 1 aromatic rings. The van der Waals surface area contributed by atoms with Crippen LogP contribution in [0, 0.1) is 0 Å². The van der Waals surface area contributed by atoms with Gasteiger partial charge >= 0.3 is 0 Å². The molecule has 2 saturated heterocycles. The lowest BCUT2D eigenvalue weighted by Crippen LogP contribution is -2.61. The maximum absolute atomic E-state index is 11.0. The number of hydrogen-bond acceptors (Lipinski definition) is 4. The normalized spacial score (nSPS) is 21.0. The first-order valence-corrected chi connectivity index (χ1v) is 7.74. The van der Waals surface area contributed by atoms with Crippen molar-refractivity contribution in [3.05, 3.63) is 29.8 Å². The van der Waals surface area contributed by atoms with Gasteiger partial charge in [0.25, 0.3) is 0 Å². The lowest BCUT2D eigenvalue weighted by Gasteiger charge is -2.43. The number of rotatable bonds is 4. The molecule has 2 fully saturated rings. The van der Waals surface area contributed by atoms with Crippen molar-refractivity contribution in [2.75, 3.05) is 44.6 Å². The maximum Gasteiger partial charge on any atom is 0.221 e. The number of carbonyl (C=O) groups excluding carboxylic acids is 1. The van der Waals surface area contributed by atoms with Gasteiger partial charge in [-0.25, -0.2) is 0 Å². The molecule has 0 aliphatic carbocycles. The molecule has 0 radical (unpaired) electrons. The third kappa shape index (κ3) is 3.81. The lowest BCUT2D eigenvalue weighted by molar-refractivity contribution is -0.114. The minimum Gasteiger partial charge on any atom is -0.326 e. The van der Waals surface area contributed by atoms with E-state index in [1.54, 1.807) is 0 Å². The first-order valence-electron chi connectivity index (χ1n) is 7.74. The van der Waals surface area contributed by atoms with Crippen molar-refractivity contribution in [1.82, 2.24) is 15.1 Å². The molecule has 2 aliphatic heterocycles. The highest BCUT2D eigenvalue weighted by molar-refractivity contribution is 5.88. The Kier molecular flexibility index (Phi) is 4.53. The molecule has 5 nitrogen and oxygen atoms in total. The Morgan fingerprint density at radius 3 is 2.38 bits per heavy atom. The zero-order valence-corrected chi connectivity index (χ0v) is 12.6. The molecule has 0 unspecified atom stereocenters. The van der Waals surface area contributed by atoms with Gasteiger partial charge in [-0.15, -0.1) is 0 Å². The molecule has 114 valence electrons. The van der Waals surface area contributed by atoms with E-state index in [0.717, 1.165) is 44.5 Å². The van der Waals surface area contributed by atoms with Crippen molar-refractivity contribution in [2.45, 2.75) is 19.5 Å². The van der Waals surface area contributed by atoms with Crippen molar-refractivity contribution in [2.24, 2.45) is 0 Å². The van der Waals surface area contributed by atoms with Gasteiger partial charge in [0.2, 0.25) is 5.91 Å². The van der Waals surface area contributed by atoms with Crippen LogP contribution in [0.15, 0.2) is 24.3 Å². The van der Waals surface area contributed by atoms with Crippen LogP contribution in [0.2, 0.25) is 0 Å². The zero-order valence-electron chi connectivity index (χ0n) is 12.6. The second kappa shape index (κ2) is 6.56. The van der Waals surface area contributed by atoms with Crippen LogP contribution in [0.1, 0.15) is 12.5 Å². The van der Waals surface area contributed by atoms with E-state index in [4.69, 9.17) is 0 Å². The van der Waals surface area contributed by atoms with Gasteiger partial charge in [0.05, 0.1) is 0 Å². The van der Waals surface area contributed by atoms with Gasteiger partial charge < -0.3 is 10.6 Å². The van der Waals surface area contributed by atoms with Crippen LogP contribution in [0.5, 0.6) is 0 Å². The van der Waals surface area contributed by atoms with Gasteiger partial charge in [-0.2, -0.15) is 0 Å². The highest BCUT2D eigenvalue weighted by Crippen LogP contribution is 2.14. The summed E-state index contributed by atoms with van der Waals surface area (Å²) >= 11 is 0. The SMILES string of the molecule is CC(=O)Nc1ccc(CN2CCN(C3CNC3)CC2)cc1. The summed E-state index contributed by atoms with van der Waals surface area (Å²) in [4.78, 5) is 16.1. The van der Waals surface area contributed by atoms with E-state index in [9.17, 15) is 4.79 Å². The Hall–Kier alpha value is -1.43. The number of piperazine rings is 1. The molecule has 0 bridgehead atoms. The molecule has 0 atom stereocenters. The highest BCUT2D eigenvalue weighted by Gasteiger charge is 2.27. The van der Waals surface area contributed by atoms with E-state index < -0.39 is 0 Å². The van der Waals surface area contributed by atoms with Crippen LogP contribution >= 0.6 is 0 Å². The molecule has 2 heterocycles. The molecule has 1 aromatic carbocycles. The predicted octanol–water partition coefficient (Wildman–Crippen LogP) is 0.734. The van der Waals surface area contributed by atoms with Crippen LogP contribution in [-0.4, -0.2) is 61.0 Å². The number of anilines is 1. The first-order chi connectivity index (χ1) is 10.2. The van der Waals surface area contributed by atoms with E-state index >= 15 is 0 Å². The van der Waals surface area contributed by atoms with Crippen LogP contribution in [0.4, 0.5) is 5.69 Å². The number of carbonyl (C=O) groups is 1. The second-order valence-electron chi connectivity index (χ2n) is 6.00. The fourth-order valence-corrected chi connectivity index (χ4v) is 2.97. The number of benzene rings is 1. The summed E-state index contributed by atoms with van der Waals surface area (Å²) in [6.07, 6.45) is 0. The Morgan fingerprint density at radius 2 is 1.86 bits per heavy atom. The van der Waals surface area contributed by atoms with Crippen LogP contribution in [-0.2, 0) is 11.3 Å². The van der Waals surface area contributed by atoms with Crippen molar-refractivity contribution in [1.29, 1.82) is 0 Å². The molecule has 2 aliphatic rings. The Morgan fingerprint density at radius 1 is 1.19 bits per heavy atom. The quantitative estimate of drug-likeness (QED) is 0.858. The molecule has 0 spiro atoms. The number of hydrogen-bond donors (Lipinski definition) is 2. The largest absolute Gasteiger partial charge is 0.326 e. The fraction of sp³-hybridized carbons (Fsp3) is 0.562. The average molecular weight is 288 g/mol. The monoisotopic (exact) mass is 288 g/mol. The minimum atomic E-state index is -0.0237. The van der Waals surface area contributed by atoms with E-state index in [1.165, 1.54) is 25.6 Å². The predicted molar refractivity (Wildman–Crippen MR) is 84.3 cm³/mol. The van der Waals surface area contributed by atoms with E-state index in [1.807, 2.05) is 12.1 Å².